The van der Waals surface area contributed by atoms with Crippen LogP contribution >= 0.6 is 15.9 Å². The van der Waals surface area contributed by atoms with Gasteiger partial charge in [0.1, 0.15) is 5.69 Å². The summed E-state index contributed by atoms with van der Waals surface area (Å²) in [7, 11) is 3.01. The van der Waals surface area contributed by atoms with Crippen LogP contribution in [0.25, 0.3) is 0 Å². The molecule has 0 radical (unpaired) electrons. The average Bonchev–Trinajstić information content (AvgIpc) is 2.60. The number of H-pyrrole nitrogens is 2. The summed E-state index contributed by atoms with van der Waals surface area (Å²) >= 11 is 3.35. The van der Waals surface area contributed by atoms with Crippen molar-refractivity contribution in [3.63, 3.8) is 0 Å². The van der Waals surface area contributed by atoms with Gasteiger partial charge in [-0.2, -0.15) is 10.2 Å². The van der Waals surface area contributed by atoms with E-state index in [0.29, 0.717) is 17.1 Å². The maximum absolute atomic E-state index is 11.8. The van der Waals surface area contributed by atoms with Crippen LogP contribution in [-0.4, -0.2) is 41.5 Å². The Hall–Kier alpha value is -2.95. The Bertz CT molecular complexity index is 937. The molecular formula is C15H16BrN5O5. The standard InChI is InChI=1S/C15H16BrN5O5/c1-25-11-6-9(16)5-8(13(11)26-2)7-17-20-12(22)4-3-10-14(23)18-15(24)21-19-10/h5-7H,3-4H2,1-2H3,(H,20,22)(H2,18,21,23,24)/b17-7+. The molecule has 0 bridgehead atoms. The van der Waals surface area contributed by atoms with E-state index >= 15 is 0 Å². The molecule has 0 spiro atoms. The molecule has 0 aliphatic rings. The van der Waals surface area contributed by atoms with Gasteiger partial charge in [-0.1, -0.05) is 15.9 Å². The number of hydrogen-bond donors (Lipinski definition) is 3. The van der Waals surface area contributed by atoms with Gasteiger partial charge < -0.3 is 9.47 Å². The SMILES string of the molecule is COc1cc(Br)cc(/C=N/NC(=O)CCc2n[nH]c(=O)[nH]c2=O)c1OC. The first kappa shape index (κ1) is 19.4. The quantitative estimate of drug-likeness (QED) is 0.431. The van der Waals surface area contributed by atoms with Crippen molar-refractivity contribution in [3.05, 3.63) is 48.7 Å². The average molecular weight is 426 g/mol. The van der Waals surface area contributed by atoms with Crippen molar-refractivity contribution >= 4 is 28.1 Å². The molecule has 11 heteroatoms. The van der Waals surface area contributed by atoms with E-state index in [0.717, 1.165) is 4.47 Å². The van der Waals surface area contributed by atoms with E-state index in [1.807, 2.05) is 4.98 Å². The second-order valence-corrected chi connectivity index (χ2v) is 5.89. The van der Waals surface area contributed by atoms with E-state index < -0.39 is 17.2 Å². The minimum absolute atomic E-state index is 0.0294. The van der Waals surface area contributed by atoms with Crippen molar-refractivity contribution in [2.45, 2.75) is 12.8 Å². The number of nitrogens with one attached hydrogen (secondary N) is 3. The van der Waals surface area contributed by atoms with E-state index in [2.05, 4.69) is 36.7 Å². The number of hydrogen-bond acceptors (Lipinski definition) is 7. The molecule has 1 amide bonds. The molecule has 138 valence electrons. The number of ether oxygens (including phenoxy) is 2. The van der Waals surface area contributed by atoms with Crippen LogP contribution in [0.1, 0.15) is 17.7 Å². The number of aromatic amines is 2. The van der Waals surface area contributed by atoms with Gasteiger partial charge in [-0.25, -0.2) is 15.3 Å². The monoisotopic (exact) mass is 425 g/mol. The first-order chi connectivity index (χ1) is 12.4. The van der Waals surface area contributed by atoms with E-state index in [1.165, 1.54) is 20.4 Å². The van der Waals surface area contributed by atoms with Crippen molar-refractivity contribution in [3.8, 4) is 11.5 Å². The second-order valence-electron chi connectivity index (χ2n) is 4.98. The van der Waals surface area contributed by atoms with E-state index in [4.69, 9.17) is 9.47 Å². The number of benzene rings is 1. The Morgan fingerprint density at radius 3 is 2.77 bits per heavy atom. The highest BCUT2D eigenvalue weighted by Gasteiger charge is 2.11. The summed E-state index contributed by atoms with van der Waals surface area (Å²) in [4.78, 5) is 36.2. The predicted octanol–water partition coefficient (Wildman–Crippen LogP) is 0.321. The van der Waals surface area contributed by atoms with Crippen molar-refractivity contribution in [1.82, 2.24) is 20.6 Å². The maximum Gasteiger partial charge on any atom is 0.342 e. The Morgan fingerprint density at radius 1 is 1.35 bits per heavy atom. The van der Waals surface area contributed by atoms with Crippen LogP contribution in [0.4, 0.5) is 0 Å². The zero-order valence-corrected chi connectivity index (χ0v) is 15.5. The fraction of sp³-hybridized carbons (Fsp3) is 0.267. The lowest BCUT2D eigenvalue weighted by Gasteiger charge is -2.10. The summed E-state index contributed by atoms with van der Waals surface area (Å²) in [5, 5.41) is 9.57. The first-order valence-corrected chi connectivity index (χ1v) is 8.15. The minimum atomic E-state index is -0.703. The summed E-state index contributed by atoms with van der Waals surface area (Å²) in [5.74, 6) is 0.560. The van der Waals surface area contributed by atoms with Crippen molar-refractivity contribution in [2.75, 3.05) is 14.2 Å². The Labute approximate surface area is 155 Å². The largest absolute Gasteiger partial charge is 0.493 e. The van der Waals surface area contributed by atoms with Gasteiger partial charge in [0, 0.05) is 22.9 Å². The van der Waals surface area contributed by atoms with Crippen LogP contribution in [0.5, 0.6) is 11.5 Å². The Morgan fingerprint density at radius 2 is 2.12 bits per heavy atom. The summed E-state index contributed by atoms with van der Waals surface area (Å²) in [5.41, 5.74) is 1.67. The molecule has 1 aromatic carbocycles. The van der Waals surface area contributed by atoms with Gasteiger partial charge in [-0.3, -0.25) is 14.6 Å². The molecule has 0 aliphatic carbocycles. The van der Waals surface area contributed by atoms with Gasteiger partial charge in [-0.15, -0.1) is 0 Å². The molecular weight excluding hydrogens is 410 g/mol. The van der Waals surface area contributed by atoms with Crippen molar-refractivity contribution < 1.29 is 14.3 Å². The maximum atomic E-state index is 11.8. The number of amides is 1. The molecule has 0 unspecified atom stereocenters. The second kappa shape index (κ2) is 8.94. The van der Waals surface area contributed by atoms with Crippen LogP contribution in [-0.2, 0) is 11.2 Å². The molecule has 3 N–H and O–H groups in total. The molecule has 10 nitrogen and oxygen atoms in total. The number of hydrazone groups is 1. The molecule has 0 fully saturated rings. The number of carbonyl (C=O) groups is 1. The lowest BCUT2D eigenvalue weighted by atomic mass is 10.2. The number of carbonyl (C=O) groups excluding carboxylic acids is 1. The highest BCUT2D eigenvalue weighted by atomic mass is 79.9. The van der Waals surface area contributed by atoms with Crippen LogP contribution in [0, 0.1) is 0 Å². The fourth-order valence-electron chi connectivity index (χ4n) is 2.06. The van der Waals surface area contributed by atoms with Gasteiger partial charge in [0.15, 0.2) is 11.5 Å². The molecule has 2 aromatic rings. The third kappa shape index (κ3) is 5.02. The van der Waals surface area contributed by atoms with Crippen LogP contribution in [0.3, 0.4) is 0 Å². The zero-order chi connectivity index (χ0) is 19.1. The number of rotatable bonds is 7. The van der Waals surface area contributed by atoms with Crippen LogP contribution in [0.2, 0.25) is 0 Å². The summed E-state index contributed by atoms with van der Waals surface area (Å²) in [6, 6.07) is 3.49. The highest BCUT2D eigenvalue weighted by molar-refractivity contribution is 9.10. The summed E-state index contributed by atoms with van der Waals surface area (Å²) < 4.78 is 11.3. The molecule has 2 rings (SSSR count). The first-order valence-electron chi connectivity index (χ1n) is 7.36. The van der Waals surface area contributed by atoms with E-state index in [1.54, 1.807) is 12.1 Å². The number of aryl methyl sites for hydroxylation is 1. The molecule has 26 heavy (non-hydrogen) atoms. The molecule has 1 heterocycles. The highest BCUT2D eigenvalue weighted by Crippen LogP contribution is 2.33. The van der Waals surface area contributed by atoms with Crippen LogP contribution < -0.4 is 26.1 Å². The van der Waals surface area contributed by atoms with Gasteiger partial charge in [-0.05, 0) is 12.1 Å². The Balaban J connectivity index is 2.00. The van der Waals surface area contributed by atoms with Crippen molar-refractivity contribution in [2.24, 2.45) is 5.10 Å². The smallest absolute Gasteiger partial charge is 0.342 e. The molecule has 0 aliphatic heterocycles. The van der Waals surface area contributed by atoms with Crippen LogP contribution in [0.15, 0.2) is 31.3 Å². The van der Waals surface area contributed by atoms with Gasteiger partial charge in [0.2, 0.25) is 5.91 Å². The third-order valence-corrected chi connectivity index (χ3v) is 3.69. The van der Waals surface area contributed by atoms with Gasteiger partial charge >= 0.3 is 5.69 Å². The third-order valence-electron chi connectivity index (χ3n) is 3.24. The lowest BCUT2D eigenvalue weighted by Crippen LogP contribution is -2.28. The molecule has 0 atom stereocenters. The molecule has 0 saturated carbocycles. The van der Waals surface area contributed by atoms with E-state index in [9.17, 15) is 14.4 Å². The van der Waals surface area contributed by atoms with Crippen molar-refractivity contribution in [1.29, 1.82) is 0 Å². The minimum Gasteiger partial charge on any atom is -0.493 e. The van der Waals surface area contributed by atoms with E-state index in [-0.39, 0.29) is 18.5 Å². The van der Waals surface area contributed by atoms with Gasteiger partial charge in [0.25, 0.3) is 5.56 Å². The Kier molecular flexibility index (Phi) is 6.67. The fourth-order valence-corrected chi connectivity index (χ4v) is 2.51. The lowest BCUT2D eigenvalue weighted by molar-refractivity contribution is -0.121. The molecule has 1 aromatic heterocycles. The predicted molar refractivity (Wildman–Crippen MR) is 96.8 cm³/mol. The number of aromatic nitrogens is 3. The topological polar surface area (TPSA) is 139 Å². The zero-order valence-electron chi connectivity index (χ0n) is 14.0. The summed E-state index contributed by atoms with van der Waals surface area (Å²) in [6.07, 6.45) is 1.44. The molecule has 0 saturated heterocycles. The normalized spacial score (nSPS) is 10.7. The number of nitrogens with zero attached hydrogens (tertiary/aromatic N) is 2. The number of methoxy groups -OCH3 is 2. The van der Waals surface area contributed by atoms with Gasteiger partial charge in [0.05, 0.1) is 20.4 Å². The number of halogens is 1. The summed E-state index contributed by atoms with van der Waals surface area (Å²) in [6.45, 7) is 0.